The number of carbonyl (C=O) groups excluding carboxylic acids is 6. The number of methoxy groups -OCH3 is 4. The second-order valence-corrected chi connectivity index (χ2v) is 29.1. The molecule has 28 nitrogen and oxygen atoms in total. The van der Waals surface area contributed by atoms with Gasteiger partial charge in [-0.15, -0.1) is 0 Å². The summed E-state index contributed by atoms with van der Waals surface area (Å²) in [5.74, 6) is 0.375. The summed E-state index contributed by atoms with van der Waals surface area (Å²) >= 11 is 0. The molecule has 0 saturated carbocycles. The molecule has 564 valence electrons. The average molecular weight is 1440 g/mol. The molecule has 0 aliphatic carbocycles. The second-order valence-electron chi connectivity index (χ2n) is 29.1. The lowest BCUT2D eigenvalue weighted by Gasteiger charge is -2.35. The van der Waals surface area contributed by atoms with Crippen molar-refractivity contribution in [1.29, 1.82) is 0 Å². The van der Waals surface area contributed by atoms with Crippen molar-refractivity contribution in [2.75, 3.05) is 54.7 Å². The minimum Gasteiger partial charge on any atom is -0.497 e. The molecule has 9 atom stereocenters. The van der Waals surface area contributed by atoms with E-state index in [0.29, 0.717) is 18.8 Å². The van der Waals surface area contributed by atoms with Crippen molar-refractivity contribution in [3.63, 3.8) is 0 Å². The molecule has 0 radical (unpaired) electrons. The fourth-order valence-electron chi connectivity index (χ4n) is 12.2. The molecule has 5 heterocycles. The number of ether oxygens (including phenoxy) is 9. The second kappa shape index (κ2) is 36.7. The van der Waals surface area contributed by atoms with Gasteiger partial charge in [0.05, 0.1) is 71.9 Å². The maximum absolute atomic E-state index is 14.0. The molecular formula is C76H104N12O16. The largest absolute Gasteiger partial charge is 0.497 e. The minimum atomic E-state index is -1.21. The van der Waals surface area contributed by atoms with Gasteiger partial charge in [0.2, 0.25) is 0 Å². The van der Waals surface area contributed by atoms with Crippen LogP contribution in [-0.2, 0) is 68.7 Å². The van der Waals surface area contributed by atoms with E-state index in [1.807, 2.05) is 161 Å². The van der Waals surface area contributed by atoms with Crippen molar-refractivity contribution in [3.05, 3.63) is 157 Å². The number of hydrazine groups is 2. The summed E-state index contributed by atoms with van der Waals surface area (Å²) in [4.78, 5) is 97.5. The fraction of sp³-hybridized carbons (Fsp3) is 0.500. The van der Waals surface area contributed by atoms with Gasteiger partial charge in [-0.05, 0) is 122 Å². The molecule has 6 aromatic rings. The van der Waals surface area contributed by atoms with Crippen LogP contribution in [0.2, 0.25) is 0 Å². The number of aromatic nitrogens is 4. The molecule has 3 saturated heterocycles. The summed E-state index contributed by atoms with van der Waals surface area (Å²) in [6.07, 6.45) is 5.93. The molecule has 2 aromatic heterocycles. The first-order valence-corrected chi connectivity index (χ1v) is 34.2. The van der Waals surface area contributed by atoms with Crippen LogP contribution < -0.4 is 36.3 Å². The summed E-state index contributed by atoms with van der Waals surface area (Å²) in [5.41, 5.74) is 9.90. The Morgan fingerprint density at radius 2 is 1.07 bits per heavy atom. The molecule has 6 amide bonds. The third-order valence-corrected chi connectivity index (χ3v) is 17.5. The fourth-order valence-corrected chi connectivity index (χ4v) is 12.2. The Hall–Kier alpha value is -9.58. The van der Waals surface area contributed by atoms with E-state index in [1.165, 1.54) is 26.9 Å². The van der Waals surface area contributed by atoms with Crippen LogP contribution in [0, 0.1) is 16.7 Å². The topological polar surface area (TPSA) is 327 Å². The summed E-state index contributed by atoms with van der Waals surface area (Å²) in [5, 5.41) is 23.3. The molecule has 0 spiro atoms. The van der Waals surface area contributed by atoms with Crippen LogP contribution in [0.15, 0.2) is 135 Å². The SMILES string of the molecule is C.COC(=O)N[C@H](C(=O)NN(Cc1ccc(-c2cncnc2)cc1)C[C@@H]1OC(C)(C)N(C(=O)OC(C)(C)C)[C@H]1Cc1ccc(OC)cc1)C(C)(C)C.COC(=O)N[C@H](C(=O)NN(Cc1ccc(-c2cncnc2)cc1)C[C@H](O)[C@H](Cc1ccc(OC)cc1)NC(=O)O[C@H]1CO[C@H]2OCCC21)C(C)(C)C. The van der Waals surface area contributed by atoms with Crippen molar-refractivity contribution >= 4 is 36.2 Å². The van der Waals surface area contributed by atoms with Crippen LogP contribution in [0.4, 0.5) is 19.2 Å². The predicted octanol–water partition coefficient (Wildman–Crippen LogP) is 9.59. The van der Waals surface area contributed by atoms with Gasteiger partial charge in [0, 0.05) is 62.1 Å². The van der Waals surface area contributed by atoms with Crippen LogP contribution in [0.1, 0.15) is 112 Å². The summed E-state index contributed by atoms with van der Waals surface area (Å²) < 4.78 is 49.8. The Morgan fingerprint density at radius 1 is 0.606 bits per heavy atom. The number of aliphatic hydroxyl groups excluding tert-OH is 1. The third kappa shape index (κ3) is 23.5. The first kappa shape index (κ1) is 81.7. The van der Waals surface area contributed by atoms with E-state index < -0.39 is 107 Å². The van der Waals surface area contributed by atoms with Crippen molar-refractivity contribution in [2.24, 2.45) is 16.7 Å². The van der Waals surface area contributed by atoms with Crippen LogP contribution in [-0.4, -0.2) is 191 Å². The van der Waals surface area contributed by atoms with Gasteiger partial charge in [-0.3, -0.25) is 25.3 Å². The van der Waals surface area contributed by atoms with Crippen molar-refractivity contribution in [2.45, 2.75) is 176 Å². The zero-order valence-corrected chi connectivity index (χ0v) is 61.5. The zero-order chi connectivity index (χ0) is 74.8. The molecule has 9 rings (SSSR count). The predicted molar refractivity (Wildman–Crippen MR) is 388 cm³/mol. The number of fused-ring (bicyclic) bond motifs is 1. The molecule has 1 unspecified atom stereocenters. The Bertz CT molecular complexity index is 3730. The van der Waals surface area contributed by atoms with Crippen LogP contribution >= 0.6 is 0 Å². The average Bonchev–Trinajstić information content (AvgIpc) is 1.61. The van der Waals surface area contributed by atoms with E-state index in [2.05, 4.69) is 46.7 Å². The third-order valence-electron chi connectivity index (χ3n) is 17.5. The maximum Gasteiger partial charge on any atom is 0.412 e. The van der Waals surface area contributed by atoms with Crippen molar-refractivity contribution in [3.8, 4) is 33.8 Å². The molecular weight excluding hydrogens is 1340 g/mol. The van der Waals surface area contributed by atoms with Crippen molar-refractivity contribution < 1.29 is 76.5 Å². The Labute approximate surface area is 609 Å². The lowest BCUT2D eigenvalue weighted by atomic mass is 9.86. The number of rotatable bonds is 25. The highest BCUT2D eigenvalue weighted by Crippen LogP contribution is 2.37. The van der Waals surface area contributed by atoms with E-state index in [1.54, 1.807) is 66.1 Å². The van der Waals surface area contributed by atoms with Gasteiger partial charge in [-0.2, -0.15) is 0 Å². The molecule has 104 heavy (non-hydrogen) atoms. The number of hydrogen-bond acceptors (Lipinski definition) is 22. The number of nitrogens with zero attached hydrogens (tertiary/aromatic N) is 7. The van der Waals surface area contributed by atoms with Gasteiger partial charge < -0.3 is 63.7 Å². The smallest absolute Gasteiger partial charge is 0.412 e. The number of carbonyl (C=O) groups is 6. The Balaban J connectivity index is 0.000000288. The Kier molecular flexibility index (Phi) is 28.8. The lowest BCUT2D eigenvalue weighted by molar-refractivity contribution is -0.133. The molecule has 4 aromatic carbocycles. The van der Waals surface area contributed by atoms with Gasteiger partial charge in [-0.1, -0.05) is 122 Å². The highest BCUT2D eigenvalue weighted by molar-refractivity contribution is 5.87. The van der Waals surface area contributed by atoms with Gasteiger partial charge >= 0.3 is 24.4 Å². The highest BCUT2D eigenvalue weighted by Gasteiger charge is 2.52. The number of alkyl carbamates (subject to hydrolysis) is 3. The minimum absolute atomic E-state index is 0. The summed E-state index contributed by atoms with van der Waals surface area (Å²) in [6, 6.07) is 27.2. The normalized spacial score (nSPS) is 18.7. The molecule has 6 N–H and O–H groups in total. The number of hydrogen-bond donors (Lipinski definition) is 6. The first-order chi connectivity index (χ1) is 48.8. The molecule has 28 heteroatoms. The zero-order valence-electron chi connectivity index (χ0n) is 61.5. The summed E-state index contributed by atoms with van der Waals surface area (Å²) in [7, 11) is 5.66. The molecule has 0 bridgehead atoms. The van der Waals surface area contributed by atoms with Crippen LogP contribution in [0.5, 0.6) is 11.5 Å². The highest BCUT2D eigenvalue weighted by atomic mass is 16.7. The van der Waals surface area contributed by atoms with Gasteiger partial charge in [0.25, 0.3) is 11.8 Å². The first-order valence-electron chi connectivity index (χ1n) is 34.2. The lowest BCUT2D eigenvalue weighted by Crippen LogP contribution is -2.59. The van der Waals surface area contributed by atoms with Crippen molar-refractivity contribution in [1.82, 2.24) is 61.7 Å². The van der Waals surface area contributed by atoms with E-state index in [0.717, 1.165) is 56.7 Å². The number of aliphatic hydroxyl groups is 1. The number of benzene rings is 4. The van der Waals surface area contributed by atoms with E-state index in [9.17, 15) is 33.9 Å². The quantitative estimate of drug-likeness (QED) is 0.0229. The number of nitrogens with one attached hydrogen (secondary N) is 5. The maximum atomic E-state index is 14.0. The van der Waals surface area contributed by atoms with E-state index in [-0.39, 0.29) is 52.6 Å². The molecule has 3 fully saturated rings. The van der Waals surface area contributed by atoms with Crippen LogP contribution in [0.25, 0.3) is 22.3 Å². The molecule has 3 aliphatic rings. The monoisotopic (exact) mass is 1440 g/mol. The summed E-state index contributed by atoms with van der Waals surface area (Å²) in [6.45, 7) is 21.5. The molecule has 3 aliphatic heterocycles. The standard InChI is InChI=1S/C38H52N6O7.C37H48N6O9.CH4/c1-36(2,3)32(41-34(46)49-10)33(45)42-43(22-26-11-15-27(16-12-26)28-20-39-24-40-21-28)23-31-30(19-25-13-17-29(48-9)18-14-25)44(38(7,8)50-31)35(47)51-37(4,5)6;1-37(2,3)32(41-35(46)49-5)33(45)42-43(19-24-6-10-25(11-7-24)26-17-38-22-39-18-26)20-30(44)29(16-23-8-12-27(48-4)13-9-23)40-36(47)52-31-21-51-34-28(31)14-15-50-34;/h11-18,20-21,24,30-32H,19,22-23H2,1-10H3,(H,41,46)(H,42,45);6-13,17-18,22,28-32,34,44H,14-16,19-21H2,1-5H3,(H,40,47)(H,41,46)(H,42,45);1H4/t30-,31-,32+;28?,29-,30-,31-,32+,34+;/m00./s1. The van der Waals surface area contributed by atoms with Gasteiger partial charge in [-0.25, -0.2) is 49.1 Å². The van der Waals surface area contributed by atoms with Gasteiger partial charge in [0.15, 0.2) is 6.29 Å². The Morgan fingerprint density at radius 3 is 1.53 bits per heavy atom. The van der Waals surface area contributed by atoms with Crippen LogP contribution in [0.3, 0.4) is 0 Å². The number of amides is 6. The van der Waals surface area contributed by atoms with Gasteiger partial charge in [0.1, 0.15) is 53.7 Å². The van der Waals surface area contributed by atoms with E-state index >= 15 is 0 Å². The van der Waals surface area contributed by atoms with E-state index in [4.69, 9.17) is 42.6 Å².